The third kappa shape index (κ3) is 8.60. The van der Waals surface area contributed by atoms with Gasteiger partial charge in [0.15, 0.2) is 29.2 Å². The maximum Gasteiger partial charge on any atom is 0.348 e. The van der Waals surface area contributed by atoms with Crippen LogP contribution in [0.4, 0.5) is 0 Å². The Morgan fingerprint density at radius 2 is 1.63 bits per heavy atom. The van der Waals surface area contributed by atoms with Crippen LogP contribution in [0.5, 0.6) is 11.5 Å². The van der Waals surface area contributed by atoms with Crippen molar-refractivity contribution in [1.29, 1.82) is 0 Å². The molecular formula is C36H40N2O11. The van der Waals surface area contributed by atoms with Crippen LogP contribution in [0, 0.1) is 11.8 Å². The summed E-state index contributed by atoms with van der Waals surface area (Å²) in [5.41, 5.74) is -0.727. The summed E-state index contributed by atoms with van der Waals surface area (Å²) < 4.78 is 33.5. The summed E-state index contributed by atoms with van der Waals surface area (Å²) >= 11 is 0. The first-order chi connectivity index (χ1) is 23.4. The smallest absolute Gasteiger partial charge is 0.348 e. The molecule has 13 nitrogen and oxygen atoms in total. The van der Waals surface area contributed by atoms with Gasteiger partial charge in [-0.05, 0) is 31.4 Å². The van der Waals surface area contributed by atoms with Crippen molar-refractivity contribution in [2.45, 2.75) is 58.0 Å². The van der Waals surface area contributed by atoms with Gasteiger partial charge in [-0.3, -0.25) is 14.4 Å². The maximum atomic E-state index is 13.7. The van der Waals surface area contributed by atoms with Gasteiger partial charge in [-0.1, -0.05) is 74.5 Å². The van der Waals surface area contributed by atoms with E-state index < -0.39 is 77.8 Å². The fourth-order valence-corrected chi connectivity index (χ4v) is 5.09. The van der Waals surface area contributed by atoms with Gasteiger partial charge < -0.3 is 33.7 Å². The highest BCUT2D eigenvalue weighted by Crippen LogP contribution is 2.34. The number of pyridine rings is 1. The van der Waals surface area contributed by atoms with Crippen LogP contribution in [-0.4, -0.2) is 73.8 Å². The van der Waals surface area contributed by atoms with Gasteiger partial charge in [0.2, 0.25) is 5.75 Å². The maximum absolute atomic E-state index is 13.7. The van der Waals surface area contributed by atoms with Gasteiger partial charge in [0, 0.05) is 19.4 Å². The van der Waals surface area contributed by atoms with E-state index in [1.54, 1.807) is 56.3 Å². The van der Waals surface area contributed by atoms with E-state index in [4.69, 9.17) is 28.4 Å². The highest BCUT2D eigenvalue weighted by atomic mass is 16.6. The Bertz CT molecular complexity index is 1650. The average molecular weight is 677 g/mol. The Kier molecular flexibility index (Phi) is 12.1. The molecule has 260 valence electrons. The van der Waals surface area contributed by atoms with E-state index in [0.29, 0.717) is 5.56 Å². The number of amides is 1. The third-order valence-corrected chi connectivity index (χ3v) is 8.09. The molecule has 0 spiro atoms. The molecule has 1 saturated heterocycles. The van der Waals surface area contributed by atoms with Crippen LogP contribution < -0.4 is 14.8 Å². The van der Waals surface area contributed by atoms with Crippen LogP contribution in [0.2, 0.25) is 0 Å². The Hall–Kier alpha value is -5.30. The number of benzene rings is 2. The molecule has 1 N–H and O–H groups in total. The Morgan fingerprint density at radius 3 is 2.24 bits per heavy atom. The molecular weight excluding hydrogens is 636 g/mol. The second-order valence-electron chi connectivity index (χ2n) is 11.8. The SMILES string of the molecule is COc1ccnc(C(=O)N[C@H]2COC(=O)[C@H](Cc3ccccc3)[C@@H](OC(=O)C(C)C)[C@H](C)OC2=O)c1OC(=O)C(C)(OC)c1ccccc1. The van der Waals surface area contributed by atoms with Crippen molar-refractivity contribution >= 4 is 29.8 Å². The zero-order valence-corrected chi connectivity index (χ0v) is 28.2. The van der Waals surface area contributed by atoms with Crippen molar-refractivity contribution in [3.63, 3.8) is 0 Å². The van der Waals surface area contributed by atoms with E-state index in [1.165, 1.54) is 40.3 Å². The number of methoxy groups -OCH3 is 2. The predicted molar refractivity (Wildman–Crippen MR) is 173 cm³/mol. The summed E-state index contributed by atoms with van der Waals surface area (Å²) in [5, 5.41) is 2.47. The molecule has 1 aliphatic heterocycles. The molecule has 1 aromatic heterocycles. The minimum absolute atomic E-state index is 0.00401. The number of esters is 4. The molecule has 2 heterocycles. The first-order valence-electron chi connectivity index (χ1n) is 15.7. The molecule has 1 amide bonds. The zero-order chi connectivity index (χ0) is 35.7. The Morgan fingerprint density at radius 1 is 0.980 bits per heavy atom. The van der Waals surface area contributed by atoms with E-state index in [1.807, 2.05) is 18.2 Å². The second kappa shape index (κ2) is 16.2. The molecule has 13 heteroatoms. The third-order valence-electron chi connectivity index (χ3n) is 8.09. The van der Waals surface area contributed by atoms with Gasteiger partial charge >= 0.3 is 23.9 Å². The van der Waals surface area contributed by atoms with E-state index in [2.05, 4.69) is 10.3 Å². The molecule has 0 bridgehead atoms. The number of rotatable bonds is 11. The van der Waals surface area contributed by atoms with Crippen LogP contribution >= 0.6 is 0 Å². The molecule has 0 aliphatic carbocycles. The summed E-state index contributed by atoms with van der Waals surface area (Å²) in [5.74, 6) is -6.05. The number of nitrogens with one attached hydrogen (secondary N) is 1. The molecule has 0 radical (unpaired) electrons. The number of cyclic esters (lactones) is 2. The summed E-state index contributed by atoms with van der Waals surface area (Å²) in [6.07, 6.45) is -0.916. The van der Waals surface area contributed by atoms with Crippen molar-refractivity contribution in [3.8, 4) is 11.5 Å². The van der Waals surface area contributed by atoms with Crippen LogP contribution in [-0.2, 0) is 50.1 Å². The quantitative estimate of drug-likeness (QED) is 0.232. The van der Waals surface area contributed by atoms with E-state index in [0.717, 1.165) is 5.56 Å². The van der Waals surface area contributed by atoms with Gasteiger partial charge in [-0.25, -0.2) is 14.6 Å². The Labute approximate surface area is 284 Å². The lowest BCUT2D eigenvalue weighted by atomic mass is 9.91. The fraction of sp³-hybridized carbons (Fsp3) is 0.389. The van der Waals surface area contributed by atoms with Crippen molar-refractivity contribution in [3.05, 3.63) is 89.7 Å². The number of carbonyl (C=O) groups excluding carboxylic acids is 5. The number of nitrogens with zero attached hydrogens (tertiary/aromatic N) is 1. The summed E-state index contributed by atoms with van der Waals surface area (Å²) in [4.78, 5) is 71.0. The summed E-state index contributed by atoms with van der Waals surface area (Å²) in [6.45, 7) is 5.67. The van der Waals surface area contributed by atoms with Gasteiger partial charge in [-0.2, -0.15) is 0 Å². The van der Waals surface area contributed by atoms with Gasteiger partial charge in [0.25, 0.3) is 5.91 Å². The van der Waals surface area contributed by atoms with Crippen molar-refractivity contribution in [2.24, 2.45) is 11.8 Å². The lowest BCUT2D eigenvalue weighted by Crippen LogP contribution is -2.47. The zero-order valence-electron chi connectivity index (χ0n) is 28.2. The summed E-state index contributed by atoms with van der Waals surface area (Å²) in [6, 6.07) is 17.5. The molecule has 1 fully saturated rings. The lowest BCUT2D eigenvalue weighted by molar-refractivity contribution is -0.176. The van der Waals surface area contributed by atoms with Crippen LogP contribution in [0.25, 0.3) is 0 Å². The largest absolute Gasteiger partial charge is 0.493 e. The molecule has 49 heavy (non-hydrogen) atoms. The van der Waals surface area contributed by atoms with Crippen LogP contribution in [0.3, 0.4) is 0 Å². The van der Waals surface area contributed by atoms with Crippen molar-refractivity contribution < 1.29 is 52.4 Å². The van der Waals surface area contributed by atoms with E-state index >= 15 is 0 Å². The first-order valence-corrected chi connectivity index (χ1v) is 15.7. The lowest BCUT2D eigenvalue weighted by Gasteiger charge is -2.29. The highest BCUT2D eigenvalue weighted by Gasteiger charge is 2.43. The van der Waals surface area contributed by atoms with Crippen molar-refractivity contribution in [2.75, 3.05) is 20.8 Å². The molecule has 3 aromatic rings. The molecule has 2 aromatic carbocycles. The first kappa shape index (κ1) is 36.5. The number of aromatic nitrogens is 1. The fourth-order valence-electron chi connectivity index (χ4n) is 5.09. The molecule has 0 saturated carbocycles. The Balaban J connectivity index is 1.61. The normalized spacial score (nSPS) is 20.7. The molecule has 1 unspecified atom stereocenters. The number of ether oxygens (including phenoxy) is 6. The number of hydrogen-bond donors (Lipinski definition) is 1. The van der Waals surface area contributed by atoms with Crippen LogP contribution in [0.15, 0.2) is 72.9 Å². The highest BCUT2D eigenvalue weighted by molar-refractivity contribution is 5.99. The number of hydrogen-bond acceptors (Lipinski definition) is 12. The van der Waals surface area contributed by atoms with E-state index in [9.17, 15) is 24.0 Å². The van der Waals surface area contributed by atoms with E-state index in [-0.39, 0.29) is 17.9 Å². The monoisotopic (exact) mass is 676 g/mol. The molecule has 4 rings (SSSR count). The topological polar surface area (TPSA) is 166 Å². The van der Waals surface area contributed by atoms with Crippen molar-refractivity contribution in [1.82, 2.24) is 10.3 Å². The average Bonchev–Trinajstić information content (AvgIpc) is 3.14. The molecule has 1 aliphatic rings. The predicted octanol–water partition coefficient (Wildman–Crippen LogP) is 3.57. The van der Waals surface area contributed by atoms with Gasteiger partial charge in [0.05, 0.1) is 13.0 Å². The number of carbonyl (C=O) groups is 5. The minimum atomic E-state index is -1.58. The van der Waals surface area contributed by atoms with Gasteiger partial charge in [0.1, 0.15) is 18.6 Å². The van der Waals surface area contributed by atoms with Crippen LogP contribution in [0.1, 0.15) is 49.3 Å². The second-order valence-corrected chi connectivity index (χ2v) is 11.8. The standard InChI is InChI=1S/C36H40N2O11/c1-21(2)32(40)48-29-22(3)47-34(42)26(20-46-33(41)25(29)19-23-13-9-7-10-14-23)38-31(39)28-30(27(44-5)17-18-37-28)49-35(43)36(4,45-6)24-15-11-8-12-16-24/h7-18,21-22,25-26,29H,19-20H2,1-6H3,(H,38,39)/t22-,25+,26-,29-,36?/m0/s1. The minimum Gasteiger partial charge on any atom is -0.493 e. The summed E-state index contributed by atoms with van der Waals surface area (Å²) in [7, 11) is 2.65. The molecule has 5 atom stereocenters. The van der Waals surface area contributed by atoms with Gasteiger partial charge in [-0.15, -0.1) is 0 Å².